The molecule has 0 saturated heterocycles. The van der Waals surface area contributed by atoms with Gasteiger partial charge in [0.05, 0.1) is 6.04 Å². The van der Waals surface area contributed by atoms with Gasteiger partial charge in [0.15, 0.2) is 0 Å². The van der Waals surface area contributed by atoms with E-state index in [0.29, 0.717) is 6.04 Å². The molecule has 0 fully saturated rings. The number of rotatable bonds is 1. The summed E-state index contributed by atoms with van der Waals surface area (Å²) in [5, 5.41) is 7.55. The molecule has 0 amide bonds. The molecule has 1 aliphatic rings. The van der Waals surface area contributed by atoms with Gasteiger partial charge >= 0.3 is 0 Å². The lowest BCUT2D eigenvalue weighted by Crippen LogP contribution is -1.90. The summed E-state index contributed by atoms with van der Waals surface area (Å²) in [5.41, 5.74) is 0. The minimum Gasteiger partial charge on any atom is -0.182 e. The predicted octanol–water partition coefficient (Wildman–Crippen LogP) is 1.74. The summed E-state index contributed by atoms with van der Waals surface area (Å²) in [6.07, 6.45) is 4.81. The number of hydrogen-bond donors (Lipinski definition) is 0. The van der Waals surface area contributed by atoms with Crippen LogP contribution in [0.5, 0.6) is 0 Å². The van der Waals surface area contributed by atoms with Crippen LogP contribution in [0.3, 0.4) is 0 Å². The zero-order chi connectivity index (χ0) is 5.11. The summed E-state index contributed by atoms with van der Waals surface area (Å²) in [4.78, 5) is 0. The molecule has 0 aromatic carbocycles. The van der Waals surface area contributed by atoms with Crippen molar-refractivity contribution < 1.29 is 0 Å². The van der Waals surface area contributed by atoms with Crippen molar-refractivity contribution in [3.8, 4) is 0 Å². The smallest absolute Gasteiger partial charge is 0.0908 e. The van der Waals surface area contributed by atoms with E-state index in [1.54, 1.807) is 6.20 Å². The van der Waals surface area contributed by atoms with E-state index < -0.39 is 0 Å². The maximum absolute atomic E-state index is 3.87. The molecule has 0 spiro atoms. The fourth-order valence-electron chi connectivity index (χ4n) is 0.518. The normalized spacial score (nSPS) is 26.7. The van der Waals surface area contributed by atoms with E-state index in [1.807, 2.05) is 6.08 Å². The Hall–Kier alpha value is -0.660. The summed E-state index contributed by atoms with van der Waals surface area (Å²) in [5.74, 6) is 0. The number of hydrogen-bond acceptors (Lipinski definition) is 2. The van der Waals surface area contributed by atoms with Crippen LogP contribution < -0.4 is 0 Å². The monoisotopic (exact) mass is 96.1 g/mol. The second-order valence-electron chi connectivity index (χ2n) is 1.55. The maximum Gasteiger partial charge on any atom is 0.0908 e. The Morgan fingerprint density at radius 3 is 2.86 bits per heavy atom. The van der Waals surface area contributed by atoms with Crippen LogP contribution in [0.1, 0.15) is 13.3 Å². The molecule has 0 bridgehead atoms. The van der Waals surface area contributed by atoms with Crippen LogP contribution in [-0.4, -0.2) is 6.04 Å². The zero-order valence-electron chi connectivity index (χ0n) is 4.33. The summed E-state index contributed by atoms with van der Waals surface area (Å²) in [6, 6.07) is 0.375. The molecule has 1 rings (SSSR count). The second kappa shape index (κ2) is 1.87. The first-order valence-corrected chi connectivity index (χ1v) is 2.50. The standard InChI is InChI=1S/C5H8N2/c1-2-5-3-4-6-7-5/h3-5H,2H2,1H3. The average Bonchev–Trinajstić information content (AvgIpc) is 2.14. The Morgan fingerprint density at radius 1 is 1.71 bits per heavy atom. The molecule has 2 nitrogen and oxygen atoms in total. The van der Waals surface area contributed by atoms with E-state index in [9.17, 15) is 0 Å². The lowest BCUT2D eigenvalue weighted by molar-refractivity contribution is 0.768. The van der Waals surface area contributed by atoms with Gasteiger partial charge in [-0.1, -0.05) is 6.92 Å². The van der Waals surface area contributed by atoms with Crippen molar-refractivity contribution in [3.63, 3.8) is 0 Å². The molecule has 1 heterocycles. The fraction of sp³-hybridized carbons (Fsp3) is 0.600. The lowest BCUT2D eigenvalue weighted by atomic mass is 10.2. The molecular formula is C5H8N2. The van der Waals surface area contributed by atoms with Crippen LogP contribution in [0.4, 0.5) is 0 Å². The van der Waals surface area contributed by atoms with Crippen LogP contribution in [0.2, 0.25) is 0 Å². The first kappa shape index (κ1) is 4.50. The molecule has 0 aliphatic carbocycles. The molecular weight excluding hydrogens is 88.1 g/mol. The molecule has 0 radical (unpaired) electrons. The van der Waals surface area contributed by atoms with Crippen molar-refractivity contribution >= 4 is 0 Å². The third-order valence-corrected chi connectivity index (χ3v) is 1.01. The Bertz CT molecular complexity index is 92.6. The molecule has 0 saturated carbocycles. The largest absolute Gasteiger partial charge is 0.182 e. The predicted molar refractivity (Wildman–Crippen MR) is 28.1 cm³/mol. The van der Waals surface area contributed by atoms with Gasteiger partial charge in [-0.25, -0.2) is 0 Å². The van der Waals surface area contributed by atoms with E-state index in [0.717, 1.165) is 6.42 Å². The van der Waals surface area contributed by atoms with Gasteiger partial charge in [-0.05, 0) is 12.5 Å². The average molecular weight is 96.1 g/mol. The van der Waals surface area contributed by atoms with Gasteiger partial charge in [0.25, 0.3) is 0 Å². The fourth-order valence-corrected chi connectivity index (χ4v) is 0.518. The van der Waals surface area contributed by atoms with Crippen LogP contribution in [0, 0.1) is 0 Å². The van der Waals surface area contributed by atoms with Crippen molar-refractivity contribution in [2.24, 2.45) is 10.2 Å². The highest BCUT2D eigenvalue weighted by molar-refractivity contribution is 4.94. The Kier molecular flexibility index (Phi) is 1.20. The van der Waals surface area contributed by atoms with Crippen LogP contribution >= 0.6 is 0 Å². The molecule has 38 valence electrons. The highest BCUT2D eigenvalue weighted by atomic mass is 15.1. The Morgan fingerprint density at radius 2 is 2.57 bits per heavy atom. The molecule has 7 heavy (non-hydrogen) atoms. The maximum atomic E-state index is 3.87. The third-order valence-electron chi connectivity index (χ3n) is 1.01. The van der Waals surface area contributed by atoms with Gasteiger partial charge in [-0.15, -0.1) is 0 Å². The van der Waals surface area contributed by atoms with Crippen molar-refractivity contribution in [1.29, 1.82) is 0 Å². The van der Waals surface area contributed by atoms with Crippen LogP contribution in [0.25, 0.3) is 0 Å². The second-order valence-corrected chi connectivity index (χ2v) is 1.55. The first-order chi connectivity index (χ1) is 3.43. The molecule has 1 atom stereocenters. The van der Waals surface area contributed by atoms with Crippen LogP contribution in [0.15, 0.2) is 22.5 Å². The van der Waals surface area contributed by atoms with E-state index in [-0.39, 0.29) is 0 Å². The third kappa shape index (κ3) is 0.856. The topological polar surface area (TPSA) is 24.7 Å². The van der Waals surface area contributed by atoms with Crippen molar-refractivity contribution in [1.82, 2.24) is 0 Å². The van der Waals surface area contributed by atoms with Gasteiger partial charge in [0.1, 0.15) is 0 Å². The Balaban J connectivity index is 2.44. The summed E-state index contributed by atoms with van der Waals surface area (Å²) < 4.78 is 0. The van der Waals surface area contributed by atoms with Crippen molar-refractivity contribution in [2.75, 3.05) is 0 Å². The molecule has 2 heteroatoms. The first-order valence-electron chi connectivity index (χ1n) is 2.50. The van der Waals surface area contributed by atoms with Crippen LogP contribution in [-0.2, 0) is 0 Å². The highest BCUT2D eigenvalue weighted by Gasteiger charge is 1.99. The number of nitrogens with zero attached hydrogens (tertiary/aromatic N) is 2. The van der Waals surface area contributed by atoms with Gasteiger partial charge in [-0.2, -0.15) is 10.2 Å². The van der Waals surface area contributed by atoms with E-state index in [2.05, 4.69) is 17.2 Å². The molecule has 1 aliphatic heterocycles. The number of azo groups is 1. The summed E-state index contributed by atoms with van der Waals surface area (Å²) >= 11 is 0. The SMILES string of the molecule is CCC1C=CN=N1. The minimum atomic E-state index is 0.375. The van der Waals surface area contributed by atoms with Gasteiger partial charge < -0.3 is 0 Å². The summed E-state index contributed by atoms with van der Waals surface area (Å²) in [7, 11) is 0. The summed E-state index contributed by atoms with van der Waals surface area (Å²) in [6.45, 7) is 2.10. The Labute approximate surface area is 43.0 Å². The van der Waals surface area contributed by atoms with Gasteiger partial charge in [-0.3, -0.25) is 0 Å². The quantitative estimate of drug-likeness (QED) is 0.475. The molecule has 0 aromatic rings. The van der Waals surface area contributed by atoms with Crippen molar-refractivity contribution in [2.45, 2.75) is 19.4 Å². The highest BCUT2D eigenvalue weighted by Crippen LogP contribution is 2.05. The molecule has 0 aromatic heterocycles. The van der Waals surface area contributed by atoms with Gasteiger partial charge in [0, 0.05) is 6.20 Å². The van der Waals surface area contributed by atoms with Crippen molar-refractivity contribution in [3.05, 3.63) is 12.3 Å². The van der Waals surface area contributed by atoms with E-state index >= 15 is 0 Å². The minimum absolute atomic E-state index is 0.375. The zero-order valence-corrected chi connectivity index (χ0v) is 4.33. The van der Waals surface area contributed by atoms with E-state index in [1.165, 1.54) is 0 Å². The molecule has 0 N–H and O–H groups in total. The lowest BCUT2D eigenvalue weighted by Gasteiger charge is -1.90. The molecule has 1 unspecified atom stereocenters. The van der Waals surface area contributed by atoms with Gasteiger partial charge in [0.2, 0.25) is 0 Å². The van der Waals surface area contributed by atoms with E-state index in [4.69, 9.17) is 0 Å².